The van der Waals surface area contributed by atoms with Crippen LogP contribution in [0.5, 0.6) is 5.75 Å². The summed E-state index contributed by atoms with van der Waals surface area (Å²) in [4.78, 5) is 47.9. The van der Waals surface area contributed by atoms with Gasteiger partial charge in [-0.2, -0.15) is 10.1 Å². The van der Waals surface area contributed by atoms with Crippen LogP contribution in [0.3, 0.4) is 0 Å². The van der Waals surface area contributed by atoms with Gasteiger partial charge in [0, 0.05) is 6.20 Å². The molecule has 0 radical (unpaired) electrons. The van der Waals surface area contributed by atoms with Gasteiger partial charge in [0.15, 0.2) is 11.2 Å². The van der Waals surface area contributed by atoms with Crippen molar-refractivity contribution in [2.75, 3.05) is 26.1 Å². The normalized spacial score (nSPS) is 19.4. The number of nitrogens with zero attached hydrogens (tertiary/aromatic N) is 3. The molecule has 3 aromatic rings. The molecule has 232 valence electrons. The Hall–Kier alpha value is -4.00. The Labute approximate surface area is 248 Å². The lowest BCUT2D eigenvalue weighted by Crippen LogP contribution is -2.38. The van der Waals surface area contributed by atoms with Gasteiger partial charge < -0.3 is 19.7 Å². The number of H-pyrrole nitrogens is 1. The van der Waals surface area contributed by atoms with Crippen molar-refractivity contribution in [2.45, 2.75) is 46.6 Å². The maximum Gasteiger partial charge on any atom is 0.459 e. The van der Waals surface area contributed by atoms with Crippen molar-refractivity contribution in [1.82, 2.24) is 24.6 Å². The minimum atomic E-state index is -4.20. The Balaban J connectivity index is 1.65. The zero-order valence-electron chi connectivity index (χ0n) is 24.7. The Morgan fingerprint density at radius 2 is 1.91 bits per heavy atom. The van der Waals surface area contributed by atoms with Crippen LogP contribution in [-0.4, -0.2) is 57.8 Å². The van der Waals surface area contributed by atoms with Crippen molar-refractivity contribution in [2.24, 2.45) is 17.3 Å². The number of nitrogens with two attached hydrogens (primary N) is 1. The number of hydrogen-bond donors (Lipinski definition) is 3. The van der Waals surface area contributed by atoms with E-state index in [0.29, 0.717) is 12.8 Å². The molecule has 1 aliphatic rings. The molecule has 2 aromatic heterocycles. The van der Waals surface area contributed by atoms with Crippen LogP contribution in [0.25, 0.3) is 17.4 Å². The van der Waals surface area contributed by atoms with E-state index in [2.05, 4.69) is 20.0 Å². The number of aromatic nitrogens is 4. The van der Waals surface area contributed by atoms with Crippen LogP contribution in [0.2, 0.25) is 0 Å². The molecule has 1 fully saturated rings. The number of methoxy groups -OCH3 is 1. The van der Waals surface area contributed by atoms with E-state index < -0.39 is 36.7 Å². The molecule has 4 rings (SSSR count). The third-order valence-electron chi connectivity index (χ3n) is 6.78. The lowest BCUT2D eigenvalue weighted by atomic mass is 10.1. The summed E-state index contributed by atoms with van der Waals surface area (Å²) in [6, 6.07) is 7.44. The Morgan fingerprint density at radius 1 is 1.19 bits per heavy atom. The maximum absolute atomic E-state index is 14.2. The van der Waals surface area contributed by atoms with E-state index >= 15 is 0 Å². The molecular formula is C28H37N6O8P. The van der Waals surface area contributed by atoms with E-state index in [1.54, 1.807) is 50.4 Å². The van der Waals surface area contributed by atoms with E-state index in [9.17, 15) is 18.9 Å². The minimum absolute atomic E-state index is 0.0569. The van der Waals surface area contributed by atoms with Gasteiger partial charge in [0.05, 0.1) is 25.0 Å². The van der Waals surface area contributed by atoms with Crippen LogP contribution in [0.15, 0.2) is 47.0 Å². The van der Waals surface area contributed by atoms with Crippen molar-refractivity contribution in [3.8, 4) is 5.75 Å². The van der Waals surface area contributed by atoms with Gasteiger partial charge in [-0.3, -0.25) is 28.5 Å². The van der Waals surface area contributed by atoms with Crippen LogP contribution < -0.4 is 20.9 Å². The number of anilines is 1. The van der Waals surface area contributed by atoms with Gasteiger partial charge >= 0.3 is 19.7 Å². The molecule has 15 heteroatoms. The minimum Gasteiger partial charge on any atom is -0.468 e. The molecule has 1 aromatic carbocycles. The number of nitrogens with one attached hydrogen (secondary N) is 2. The molecule has 1 saturated carbocycles. The van der Waals surface area contributed by atoms with Crippen molar-refractivity contribution < 1.29 is 32.7 Å². The van der Waals surface area contributed by atoms with Crippen molar-refractivity contribution in [3.63, 3.8) is 0 Å². The second kappa shape index (κ2) is 13.1. The van der Waals surface area contributed by atoms with Gasteiger partial charge in [-0.1, -0.05) is 45.9 Å². The molecule has 0 aliphatic heterocycles. The lowest BCUT2D eigenvalue weighted by molar-refractivity contribution is -0.149. The summed E-state index contributed by atoms with van der Waals surface area (Å²) in [7, 11) is -2.96. The number of carbonyl (C=O) groups excluding carboxylic acids is 2. The standard InChI is InChI=1S/C28H37N6O8P/c1-17(2)11-21(26(37)39-5)33-43(38,42-20-9-7-6-8-10-20)41-15-28(14-40-25(36)18(3)4)12-19(28)13-34-16-30-22-23(34)31-27(29)32-24(22)35/h6-10,13,16-18,21H,11-12,14-15H2,1-5H3,(H,33,38)(H3,29,31,32,35)/b19-13-/t21-,28?,43-/m0/s1. The molecule has 1 aliphatic carbocycles. The van der Waals surface area contributed by atoms with Gasteiger partial charge in [0.2, 0.25) is 5.95 Å². The monoisotopic (exact) mass is 616 g/mol. The predicted octanol–water partition coefficient (Wildman–Crippen LogP) is 3.51. The van der Waals surface area contributed by atoms with Gasteiger partial charge in [0.1, 0.15) is 24.7 Å². The molecule has 4 N–H and O–H groups in total. The number of aromatic amines is 1. The first-order chi connectivity index (χ1) is 20.3. The van der Waals surface area contributed by atoms with Gasteiger partial charge in [-0.05, 0) is 36.5 Å². The number of carbonyl (C=O) groups is 2. The highest BCUT2D eigenvalue weighted by atomic mass is 31.2. The first-order valence-electron chi connectivity index (χ1n) is 13.8. The fourth-order valence-corrected chi connectivity index (χ4v) is 5.93. The topological polar surface area (TPSA) is 190 Å². The van der Waals surface area contributed by atoms with Crippen LogP contribution >= 0.6 is 7.75 Å². The first kappa shape index (κ1) is 31.9. The van der Waals surface area contributed by atoms with Crippen LogP contribution in [0, 0.1) is 17.3 Å². The average Bonchev–Trinajstić information content (AvgIpc) is 3.48. The van der Waals surface area contributed by atoms with E-state index in [4.69, 9.17) is 24.3 Å². The highest BCUT2D eigenvalue weighted by molar-refractivity contribution is 7.52. The van der Waals surface area contributed by atoms with Crippen LogP contribution in [-0.2, 0) is 28.2 Å². The van der Waals surface area contributed by atoms with Gasteiger partial charge in [-0.15, -0.1) is 0 Å². The Morgan fingerprint density at radius 3 is 2.56 bits per heavy atom. The summed E-state index contributed by atoms with van der Waals surface area (Å²) in [5.74, 6) is -1.15. The van der Waals surface area contributed by atoms with Crippen LogP contribution in [0.1, 0.15) is 40.5 Å². The fourth-order valence-electron chi connectivity index (χ4n) is 4.34. The number of para-hydroxylation sites is 1. The molecule has 14 nitrogen and oxygen atoms in total. The second-order valence-corrected chi connectivity index (χ2v) is 12.9. The Bertz CT molecular complexity index is 1600. The first-order valence-corrected chi connectivity index (χ1v) is 15.3. The largest absolute Gasteiger partial charge is 0.468 e. The molecular weight excluding hydrogens is 579 g/mol. The zero-order chi connectivity index (χ0) is 31.4. The number of rotatable bonds is 14. The smallest absolute Gasteiger partial charge is 0.459 e. The summed E-state index contributed by atoms with van der Waals surface area (Å²) in [5.41, 5.74) is 5.45. The predicted molar refractivity (Wildman–Crippen MR) is 159 cm³/mol. The average molecular weight is 617 g/mol. The molecule has 1 unspecified atom stereocenters. The summed E-state index contributed by atoms with van der Waals surface area (Å²) in [5, 5.41) is 2.77. The third-order valence-corrected chi connectivity index (χ3v) is 8.33. The van der Waals surface area contributed by atoms with Crippen molar-refractivity contribution in [1.29, 1.82) is 0 Å². The summed E-state index contributed by atoms with van der Waals surface area (Å²) >= 11 is 0. The summed E-state index contributed by atoms with van der Waals surface area (Å²) < 4.78 is 38.1. The molecule has 0 amide bonds. The Kier molecular flexibility index (Phi) is 9.73. The molecule has 2 heterocycles. The number of benzene rings is 1. The second-order valence-electron chi connectivity index (χ2n) is 11.2. The zero-order valence-corrected chi connectivity index (χ0v) is 25.6. The quantitative estimate of drug-likeness (QED) is 0.177. The lowest BCUT2D eigenvalue weighted by Gasteiger charge is -2.26. The summed E-state index contributed by atoms with van der Waals surface area (Å²) in [6.07, 6.45) is 3.82. The third kappa shape index (κ3) is 7.89. The molecule has 0 spiro atoms. The SMILES string of the molecule is COC(=O)[C@H](CC(C)C)N[P@](=O)(OCC1(COC(=O)C(C)C)C/C1=C/n1cnc2c(=O)[nH]c(N)nc21)Oc1ccccc1. The summed E-state index contributed by atoms with van der Waals surface area (Å²) in [6.45, 7) is 6.99. The van der Waals surface area contributed by atoms with E-state index in [0.717, 1.165) is 5.57 Å². The van der Waals surface area contributed by atoms with Crippen molar-refractivity contribution in [3.05, 3.63) is 52.6 Å². The maximum atomic E-state index is 14.2. The van der Waals surface area contributed by atoms with E-state index in [1.165, 1.54) is 18.0 Å². The number of imidazole rings is 1. The highest BCUT2D eigenvalue weighted by Gasteiger charge is 2.52. The van der Waals surface area contributed by atoms with E-state index in [1.807, 2.05) is 13.8 Å². The molecule has 0 bridgehead atoms. The number of ether oxygens (including phenoxy) is 2. The molecule has 0 saturated heterocycles. The number of nitrogen functional groups attached to an aromatic ring is 1. The van der Waals surface area contributed by atoms with Crippen LogP contribution in [0.4, 0.5) is 5.95 Å². The number of esters is 2. The number of hydrogen-bond acceptors (Lipinski definition) is 11. The number of fused-ring (bicyclic) bond motifs is 1. The molecule has 43 heavy (non-hydrogen) atoms. The van der Waals surface area contributed by atoms with Gasteiger partial charge in [-0.25, -0.2) is 9.55 Å². The molecule has 3 atom stereocenters. The highest BCUT2D eigenvalue weighted by Crippen LogP contribution is 2.56. The van der Waals surface area contributed by atoms with Crippen molar-refractivity contribution >= 4 is 43.0 Å². The van der Waals surface area contributed by atoms with E-state index in [-0.39, 0.29) is 47.9 Å². The van der Waals surface area contributed by atoms with Gasteiger partial charge in [0.25, 0.3) is 5.56 Å². The fraction of sp³-hybridized carbons (Fsp3) is 0.464.